The van der Waals surface area contributed by atoms with Crippen molar-refractivity contribution in [1.29, 1.82) is 0 Å². The van der Waals surface area contributed by atoms with Crippen molar-refractivity contribution >= 4 is 16.6 Å². The predicted molar refractivity (Wildman–Crippen MR) is 45.0 cm³/mol. The molecule has 0 aliphatic rings. The van der Waals surface area contributed by atoms with E-state index in [0.717, 1.165) is 16.6 Å². The molecule has 0 saturated heterocycles. The van der Waals surface area contributed by atoms with Gasteiger partial charge >= 0.3 is 0 Å². The van der Waals surface area contributed by atoms with E-state index in [1.807, 2.05) is 24.3 Å². The van der Waals surface area contributed by atoms with Crippen molar-refractivity contribution in [2.45, 2.75) is 0 Å². The van der Waals surface area contributed by atoms with Crippen LogP contribution in [-0.4, -0.2) is 9.61 Å². The van der Waals surface area contributed by atoms with E-state index in [4.69, 9.17) is 4.42 Å². The minimum atomic E-state index is 0.811. The third kappa shape index (κ3) is 0.580. The van der Waals surface area contributed by atoms with Crippen LogP contribution in [0.25, 0.3) is 16.6 Å². The fourth-order valence-corrected chi connectivity index (χ4v) is 1.40. The molecule has 0 amide bonds. The first-order valence-electron chi connectivity index (χ1n) is 3.76. The van der Waals surface area contributed by atoms with Crippen LogP contribution in [0.15, 0.2) is 41.1 Å². The molecule has 0 N–H and O–H groups in total. The largest absolute Gasteiger partial charge is 0.444 e. The Balaban J connectivity index is 2.68. The van der Waals surface area contributed by atoms with E-state index in [0.29, 0.717) is 0 Å². The average Bonchev–Trinajstić information content (AvgIpc) is 2.62. The van der Waals surface area contributed by atoms with Crippen LogP contribution in [0.2, 0.25) is 0 Å². The number of benzene rings is 1. The highest BCUT2D eigenvalue weighted by Crippen LogP contribution is 2.18. The minimum absolute atomic E-state index is 0.811. The van der Waals surface area contributed by atoms with Gasteiger partial charge in [-0.2, -0.15) is 5.10 Å². The zero-order valence-electron chi connectivity index (χ0n) is 6.27. The molecule has 0 radical (unpaired) electrons. The highest BCUT2D eigenvalue weighted by atomic mass is 16.3. The van der Waals surface area contributed by atoms with Crippen LogP contribution in [0.5, 0.6) is 0 Å². The lowest BCUT2D eigenvalue weighted by Gasteiger charge is -1.81. The van der Waals surface area contributed by atoms with Crippen LogP contribution in [0.4, 0.5) is 0 Å². The quantitative estimate of drug-likeness (QED) is 0.501. The second-order valence-electron chi connectivity index (χ2n) is 2.67. The van der Waals surface area contributed by atoms with Gasteiger partial charge < -0.3 is 4.42 Å². The van der Waals surface area contributed by atoms with E-state index in [1.54, 1.807) is 17.0 Å². The Morgan fingerprint density at radius 3 is 3.17 bits per heavy atom. The minimum Gasteiger partial charge on any atom is -0.444 e. The molecule has 0 aliphatic heterocycles. The van der Waals surface area contributed by atoms with Crippen LogP contribution in [0.1, 0.15) is 0 Å². The van der Waals surface area contributed by atoms with E-state index in [9.17, 15) is 0 Å². The topological polar surface area (TPSA) is 30.4 Å². The SMILES string of the molecule is c1ccc2c(c1)nn1ccoc21. The molecule has 2 heterocycles. The van der Waals surface area contributed by atoms with Gasteiger partial charge in [-0.1, -0.05) is 12.1 Å². The summed E-state index contributed by atoms with van der Waals surface area (Å²) >= 11 is 0. The summed E-state index contributed by atoms with van der Waals surface area (Å²) in [5.74, 6) is 0. The summed E-state index contributed by atoms with van der Waals surface area (Å²) in [7, 11) is 0. The Morgan fingerprint density at radius 2 is 2.17 bits per heavy atom. The standard InChI is InChI=1S/C9H6N2O/c1-2-4-8-7(3-1)9-11(10-8)5-6-12-9/h1-6H. The van der Waals surface area contributed by atoms with Crippen LogP contribution in [-0.2, 0) is 0 Å². The lowest BCUT2D eigenvalue weighted by atomic mass is 10.3. The fraction of sp³-hybridized carbons (Fsp3) is 0. The molecule has 0 spiro atoms. The monoisotopic (exact) mass is 158 g/mol. The summed E-state index contributed by atoms with van der Waals surface area (Å²) in [6.07, 6.45) is 3.43. The van der Waals surface area contributed by atoms with Gasteiger partial charge in [0.05, 0.1) is 17.1 Å². The Morgan fingerprint density at radius 1 is 1.25 bits per heavy atom. The maximum atomic E-state index is 5.27. The van der Waals surface area contributed by atoms with Crippen molar-refractivity contribution in [1.82, 2.24) is 9.61 Å². The van der Waals surface area contributed by atoms with E-state index in [-0.39, 0.29) is 0 Å². The number of hydrogen-bond acceptors (Lipinski definition) is 2. The van der Waals surface area contributed by atoms with Crippen molar-refractivity contribution in [2.75, 3.05) is 0 Å². The molecule has 0 unspecified atom stereocenters. The molecule has 0 fully saturated rings. The van der Waals surface area contributed by atoms with Crippen LogP contribution < -0.4 is 0 Å². The molecule has 0 saturated carbocycles. The lowest BCUT2D eigenvalue weighted by molar-refractivity contribution is 0.609. The Hall–Kier alpha value is -1.77. The Labute approximate surface area is 68.2 Å². The summed E-state index contributed by atoms with van der Waals surface area (Å²) in [6, 6.07) is 7.92. The Bertz CT molecular complexity index is 534. The zero-order chi connectivity index (χ0) is 7.97. The predicted octanol–water partition coefficient (Wildman–Crippen LogP) is 2.08. The molecule has 0 bridgehead atoms. The number of nitrogens with zero attached hydrogens (tertiary/aromatic N) is 2. The van der Waals surface area contributed by atoms with Gasteiger partial charge in [0.25, 0.3) is 0 Å². The van der Waals surface area contributed by atoms with Crippen molar-refractivity contribution in [3.63, 3.8) is 0 Å². The van der Waals surface area contributed by atoms with Crippen molar-refractivity contribution < 1.29 is 4.42 Å². The molecule has 12 heavy (non-hydrogen) atoms. The molecule has 3 aromatic rings. The van der Waals surface area contributed by atoms with Crippen molar-refractivity contribution in [2.24, 2.45) is 0 Å². The highest BCUT2D eigenvalue weighted by Gasteiger charge is 2.04. The number of rotatable bonds is 0. The van der Waals surface area contributed by atoms with Crippen molar-refractivity contribution in [3.8, 4) is 0 Å². The van der Waals surface area contributed by atoms with Gasteiger partial charge in [-0.3, -0.25) is 0 Å². The van der Waals surface area contributed by atoms with Crippen LogP contribution in [0.3, 0.4) is 0 Å². The van der Waals surface area contributed by atoms with Gasteiger partial charge in [0, 0.05) is 0 Å². The van der Waals surface area contributed by atoms with Gasteiger partial charge in [0.1, 0.15) is 6.26 Å². The average molecular weight is 158 g/mol. The maximum absolute atomic E-state index is 5.27. The van der Waals surface area contributed by atoms with Crippen LogP contribution >= 0.6 is 0 Å². The van der Waals surface area contributed by atoms with Gasteiger partial charge in [-0.05, 0) is 12.1 Å². The smallest absolute Gasteiger partial charge is 0.229 e. The first kappa shape index (κ1) is 5.83. The van der Waals surface area contributed by atoms with E-state index < -0.39 is 0 Å². The number of fused-ring (bicyclic) bond motifs is 3. The molecule has 3 rings (SSSR count). The van der Waals surface area contributed by atoms with Crippen molar-refractivity contribution in [3.05, 3.63) is 36.7 Å². The molecule has 58 valence electrons. The first-order chi connectivity index (χ1) is 5.95. The molecular weight excluding hydrogens is 152 g/mol. The van der Waals surface area contributed by atoms with Gasteiger partial charge in [-0.15, -0.1) is 0 Å². The fourth-order valence-electron chi connectivity index (χ4n) is 1.40. The van der Waals surface area contributed by atoms with E-state index >= 15 is 0 Å². The summed E-state index contributed by atoms with van der Waals surface area (Å²) in [6.45, 7) is 0. The second-order valence-corrected chi connectivity index (χ2v) is 2.67. The third-order valence-corrected chi connectivity index (χ3v) is 1.94. The summed E-state index contributed by atoms with van der Waals surface area (Å²) in [5, 5.41) is 5.36. The molecular formula is C9H6N2O. The van der Waals surface area contributed by atoms with Crippen LogP contribution in [0, 0.1) is 0 Å². The number of hydrogen-bond donors (Lipinski definition) is 0. The highest BCUT2D eigenvalue weighted by molar-refractivity contribution is 5.90. The molecule has 1 aromatic carbocycles. The number of aromatic nitrogens is 2. The molecule has 0 aliphatic carbocycles. The van der Waals surface area contributed by atoms with E-state index in [2.05, 4.69) is 5.10 Å². The number of oxazole rings is 1. The van der Waals surface area contributed by atoms with Gasteiger partial charge in [0.15, 0.2) is 0 Å². The van der Waals surface area contributed by atoms with E-state index in [1.165, 1.54) is 0 Å². The molecule has 3 nitrogen and oxygen atoms in total. The Kier molecular flexibility index (Phi) is 0.913. The zero-order valence-corrected chi connectivity index (χ0v) is 6.27. The van der Waals surface area contributed by atoms with Gasteiger partial charge in [0.2, 0.25) is 5.71 Å². The lowest BCUT2D eigenvalue weighted by Crippen LogP contribution is -1.75. The summed E-state index contributed by atoms with van der Waals surface area (Å²) in [4.78, 5) is 0. The second kappa shape index (κ2) is 1.88. The van der Waals surface area contributed by atoms with Gasteiger partial charge in [-0.25, -0.2) is 4.52 Å². The molecule has 2 aromatic heterocycles. The molecule has 3 heteroatoms. The first-order valence-corrected chi connectivity index (χ1v) is 3.76. The normalized spacial score (nSPS) is 11.3. The molecule has 0 atom stereocenters. The maximum Gasteiger partial charge on any atom is 0.229 e. The summed E-state index contributed by atoms with van der Waals surface area (Å²) < 4.78 is 7.01. The summed E-state index contributed by atoms with van der Waals surface area (Å²) in [5.41, 5.74) is 1.78. The third-order valence-electron chi connectivity index (χ3n) is 1.94.